The van der Waals surface area contributed by atoms with E-state index < -0.39 is 0 Å². The number of carbonyl (C=O) groups excluding carboxylic acids is 1. The van der Waals surface area contributed by atoms with Gasteiger partial charge < -0.3 is 19.0 Å². The van der Waals surface area contributed by atoms with Crippen LogP contribution in [-0.4, -0.2) is 17.6 Å². The van der Waals surface area contributed by atoms with Crippen molar-refractivity contribution in [2.24, 2.45) is 7.05 Å². The predicted octanol–water partition coefficient (Wildman–Crippen LogP) is 4.42. The fraction of sp³-hybridized carbons (Fsp3) is 0.190. The lowest BCUT2D eigenvalue weighted by Crippen LogP contribution is -2.26. The van der Waals surface area contributed by atoms with Gasteiger partial charge in [-0.2, -0.15) is 0 Å². The van der Waals surface area contributed by atoms with E-state index in [9.17, 15) is 4.79 Å². The van der Waals surface area contributed by atoms with E-state index in [-0.39, 0.29) is 11.9 Å². The summed E-state index contributed by atoms with van der Waals surface area (Å²) in [6.45, 7) is 1.91. The number of hydrogen-bond donors (Lipinski definition) is 1. The molecular weight excluding hydrogens is 328 g/mol. The molecule has 5 heteroatoms. The number of ether oxygens (including phenoxy) is 1. The average Bonchev–Trinajstić information content (AvgIpc) is 3.23. The maximum Gasteiger partial charge on any atom is 0.254 e. The number of fused-ring (bicyclic) bond motifs is 2. The van der Waals surface area contributed by atoms with Crippen LogP contribution in [0.1, 0.15) is 29.1 Å². The number of amides is 1. The van der Waals surface area contributed by atoms with Crippen molar-refractivity contribution in [3.63, 3.8) is 0 Å². The largest absolute Gasteiger partial charge is 0.493 e. The highest BCUT2D eigenvalue weighted by atomic mass is 16.5. The van der Waals surface area contributed by atoms with E-state index in [0.29, 0.717) is 22.7 Å². The van der Waals surface area contributed by atoms with Crippen molar-refractivity contribution in [3.05, 3.63) is 66.1 Å². The topological polar surface area (TPSA) is 56.4 Å². The Morgan fingerprint density at radius 1 is 1.19 bits per heavy atom. The van der Waals surface area contributed by atoms with Crippen LogP contribution in [0.15, 0.2) is 59.1 Å². The Morgan fingerprint density at radius 3 is 2.81 bits per heavy atom. The quantitative estimate of drug-likeness (QED) is 0.594. The van der Waals surface area contributed by atoms with Crippen molar-refractivity contribution < 1.29 is 13.9 Å². The van der Waals surface area contributed by atoms with E-state index in [1.165, 1.54) is 0 Å². The zero-order valence-corrected chi connectivity index (χ0v) is 14.9. The first-order chi connectivity index (χ1) is 12.6. The second kappa shape index (κ2) is 6.26. The van der Waals surface area contributed by atoms with Gasteiger partial charge in [0.2, 0.25) is 0 Å². The Bertz CT molecular complexity index is 1110. The van der Waals surface area contributed by atoms with E-state index in [0.717, 1.165) is 16.3 Å². The molecule has 0 radical (unpaired) electrons. The fourth-order valence-electron chi connectivity index (χ4n) is 3.30. The van der Waals surface area contributed by atoms with Crippen LogP contribution in [0, 0.1) is 0 Å². The highest BCUT2D eigenvalue weighted by molar-refractivity contribution is 6.07. The smallest absolute Gasteiger partial charge is 0.254 e. The van der Waals surface area contributed by atoms with Gasteiger partial charge in [-0.1, -0.05) is 30.3 Å². The normalized spacial score (nSPS) is 12.4. The Balaban J connectivity index is 1.63. The van der Waals surface area contributed by atoms with Crippen LogP contribution in [0.25, 0.3) is 21.9 Å². The number of benzene rings is 2. The molecule has 1 N–H and O–H groups in total. The molecule has 0 saturated heterocycles. The molecule has 5 nitrogen and oxygen atoms in total. The summed E-state index contributed by atoms with van der Waals surface area (Å²) in [7, 11) is 3.55. The summed E-state index contributed by atoms with van der Waals surface area (Å²) in [5, 5.41) is 4.92. The first kappa shape index (κ1) is 16.3. The fourth-order valence-corrected chi connectivity index (χ4v) is 3.30. The summed E-state index contributed by atoms with van der Waals surface area (Å²) in [6, 6.07) is 15.3. The second-order valence-electron chi connectivity index (χ2n) is 6.39. The Labute approximate surface area is 151 Å². The number of carbonyl (C=O) groups is 1. The minimum Gasteiger partial charge on any atom is -0.493 e. The van der Waals surface area contributed by atoms with Crippen LogP contribution < -0.4 is 10.1 Å². The molecule has 0 aliphatic heterocycles. The highest BCUT2D eigenvalue weighted by Crippen LogP contribution is 2.31. The first-order valence-corrected chi connectivity index (χ1v) is 8.50. The van der Waals surface area contributed by atoms with Crippen molar-refractivity contribution in [2.45, 2.75) is 13.0 Å². The molecule has 26 heavy (non-hydrogen) atoms. The molecule has 0 bridgehead atoms. The molecule has 0 saturated carbocycles. The van der Waals surface area contributed by atoms with Crippen molar-refractivity contribution in [1.29, 1.82) is 0 Å². The van der Waals surface area contributed by atoms with Crippen LogP contribution in [-0.2, 0) is 7.05 Å². The van der Waals surface area contributed by atoms with Gasteiger partial charge in [0.15, 0.2) is 11.3 Å². The number of nitrogens with one attached hydrogen (secondary N) is 1. The van der Waals surface area contributed by atoms with Crippen LogP contribution in [0.4, 0.5) is 0 Å². The van der Waals surface area contributed by atoms with Crippen LogP contribution >= 0.6 is 0 Å². The minimum atomic E-state index is -0.265. The van der Waals surface area contributed by atoms with Crippen LogP contribution in [0.3, 0.4) is 0 Å². The van der Waals surface area contributed by atoms with Gasteiger partial charge in [-0.3, -0.25) is 4.79 Å². The lowest BCUT2D eigenvalue weighted by Gasteiger charge is -2.11. The number of nitrogens with zero attached hydrogens (tertiary/aromatic N) is 1. The predicted molar refractivity (Wildman–Crippen MR) is 102 cm³/mol. The summed E-state index contributed by atoms with van der Waals surface area (Å²) >= 11 is 0. The molecule has 0 spiro atoms. The molecule has 0 unspecified atom stereocenters. The lowest BCUT2D eigenvalue weighted by molar-refractivity contribution is 0.0937. The van der Waals surface area contributed by atoms with E-state index in [1.807, 2.05) is 73.3 Å². The number of furan rings is 1. The van der Waals surface area contributed by atoms with Gasteiger partial charge in [0.25, 0.3) is 5.91 Å². The first-order valence-electron chi connectivity index (χ1n) is 8.50. The summed E-state index contributed by atoms with van der Waals surface area (Å²) in [6.07, 6.45) is 1.86. The molecule has 1 atom stereocenters. The van der Waals surface area contributed by atoms with Gasteiger partial charge in [-0.05, 0) is 25.1 Å². The van der Waals surface area contributed by atoms with E-state index >= 15 is 0 Å². The number of aromatic nitrogens is 1. The molecule has 1 amide bonds. The van der Waals surface area contributed by atoms with Crippen molar-refractivity contribution >= 4 is 27.8 Å². The van der Waals surface area contributed by atoms with E-state index in [1.54, 1.807) is 7.11 Å². The van der Waals surface area contributed by atoms with Gasteiger partial charge in [0, 0.05) is 29.5 Å². The minimum absolute atomic E-state index is 0.123. The number of aryl methyl sites for hydroxylation is 1. The summed E-state index contributed by atoms with van der Waals surface area (Å²) in [4.78, 5) is 12.8. The maximum atomic E-state index is 12.8. The van der Waals surface area contributed by atoms with Crippen molar-refractivity contribution in [1.82, 2.24) is 9.88 Å². The molecule has 4 rings (SSSR count). The Hall–Kier alpha value is -3.21. The van der Waals surface area contributed by atoms with Gasteiger partial charge in [0.1, 0.15) is 5.76 Å². The van der Waals surface area contributed by atoms with Crippen LogP contribution in [0.5, 0.6) is 5.75 Å². The maximum absolute atomic E-state index is 12.8. The number of rotatable bonds is 4. The number of hydrogen-bond acceptors (Lipinski definition) is 3. The third kappa shape index (κ3) is 2.62. The van der Waals surface area contributed by atoms with Gasteiger partial charge in [-0.15, -0.1) is 0 Å². The summed E-state index contributed by atoms with van der Waals surface area (Å²) in [5.74, 6) is 1.25. The second-order valence-corrected chi connectivity index (χ2v) is 6.39. The van der Waals surface area contributed by atoms with Gasteiger partial charge >= 0.3 is 0 Å². The van der Waals surface area contributed by atoms with Crippen molar-refractivity contribution in [3.8, 4) is 5.75 Å². The van der Waals surface area contributed by atoms with Gasteiger partial charge in [-0.25, -0.2) is 0 Å². The Kier molecular flexibility index (Phi) is 3.92. The monoisotopic (exact) mass is 348 g/mol. The van der Waals surface area contributed by atoms with E-state index in [4.69, 9.17) is 9.15 Å². The molecule has 2 aromatic heterocycles. The molecule has 0 aliphatic rings. The molecule has 0 aliphatic carbocycles. The zero-order chi connectivity index (χ0) is 18.3. The highest BCUT2D eigenvalue weighted by Gasteiger charge is 2.19. The summed E-state index contributed by atoms with van der Waals surface area (Å²) in [5.41, 5.74) is 2.37. The standard InChI is InChI=1S/C21H20N2O3/c1-13(19-11-14-7-6-10-18(25-3)20(14)26-19)22-21(24)16-12-23(2)17-9-5-4-8-15(16)17/h4-13H,1-3H3,(H,22,24)/t13-/m0/s1. The SMILES string of the molecule is COc1cccc2cc([C@H](C)NC(=O)c3cn(C)c4ccccc34)oc12. The third-order valence-corrected chi connectivity index (χ3v) is 4.66. The molecule has 0 fully saturated rings. The average molecular weight is 348 g/mol. The molecule has 4 aromatic rings. The van der Waals surface area contributed by atoms with E-state index in [2.05, 4.69) is 5.32 Å². The van der Waals surface area contributed by atoms with Crippen molar-refractivity contribution in [2.75, 3.05) is 7.11 Å². The summed E-state index contributed by atoms with van der Waals surface area (Å²) < 4.78 is 13.2. The number of para-hydroxylation sites is 2. The zero-order valence-electron chi connectivity index (χ0n) is 14.9. The molecule has 132 valence electrons. The molecular formula is C21H20N2O3. The molecule has 2 heterocycles. The lowest BCUT2D eigenvalue weighted by atomic mass is 10.1. The Morgan fingerprint density at radius 2 is 2.00 bits per heavy atom. The van der Waals surface area contributed by atoms with Gasteiger partial charge in [0.05, 0.1) is 18.7 Å². The third-order valence-electron chi connectivity index (χ3n) is 4.66. The van der Waals surface area contributed by atoms with Crippen LogP contribution in [0.2, 0.25) is 0 Å². The molecule has 2 aromatic carbocycles. The number of methoxy groups -OCH3 is 1.